The van der Waals surface area contributed by atoms with Gasteiger partial charge in [-0.2, -0.15) is 0 Å². The maximum atomic E-state index is 12.0. The van der Waals surface area contributed by atoms with Gasteiger partial charge >= 0.3 is 0 Å². The largest absolute Gasteiger partial charge is 0.375 e. The average Bonchev–Trinajstić information content (AvgIpc) is 2.50. The molecule has 120 valence electrons. The van der Waals surface area contributed by atoms with Crippen molar-refractivity contribution in [1.29, 1.82) is 0 Å². The van der Waals surface area contributed by atoms with Gasteiger partial charge in [-0.25, -0.2) is 0 Å². The number of piperazine rings is 1. The molecule has 0 radical (unpaired) electrons. The zero-order valence-corrected chi connectivity index (χ0v) is 13.3. The minimum Gasteiger partial charge on any atom is -0.375 e. The number of benzene rings is 1. The first-order chi connectivity index (χ1) is 10.6. The van der Waals surface area contributed by atoms with Crippen LogP contribution in [0.4, 0.5) is 5.69 Å². The quantitative estimate of drug-likeness (QED) is 0.879. The Hall–Kier alpha value is -1.63. The van der Waals surface area contributed by atoms with E-state index in [4.69, 9.17) is 16.3 Å². The van der Waals surface area contributed by atoms with Gasteiger partial charge in [-0.05, 0) is 12.1 Å². The van der Waals surface area contributed by atoms with Crippen molar-refractivity contribution in [2.24, 2.45) is 0 Å². The predicted molar refractivity (Wildman–Crippen MR) is 85.0 cm³/mol. The molecular formula is C15H20ClN3O3. The van der Waals surface area contributed by atoms with Gasteiger partial charge in [-0.3, -0.25) is 14.5 Å². The van der Waals surface area contributed by atoms with Crippen molar-refractivity contribution < 1.29 is 14.3 Å². The fourth-order valence-electron chi connectivity index (χ4n) is 2.33. The number of halogens is 1. The molecule has 1 aliphatic rings. The van der Waals surface area contributed by atoms with Gasteiger partial charge in [-0.15, -0.1) is 0 Å². The zero-order chi connectivity index (χ0) is 15.9. The van der Waals surface area contributed by atoms with Gasteiger partial charge in [0, 0.05) is 33.3 Å². The number of carbonyl (C=O) groups excluding carboxylic acids is 2. The lowest BCUT2D eigenvalue weighted by atomic mass is 10.3. The Kier molecular flexibility index (Phi) is 6.18. The first-order valence-corrected chi connectivity index (χ1v) is 7.51. The number of carbonyl (C=O) groups is 2. The molecule has 1 aromatic carbocycles. The fourth-order valence-corrected chi connectivity index (χ4v) is 2.51. The highest BCUT2D eigenvalue weighted by atomic mass is 35.5. The Labute approximate surface area is 135 Å². The smallest absolute Gasteiger partial charge is 0.248 e. The summed E-state index contributed by atoms with van der Waals surface area (Å²) < 4.78 is 4.84. The average molecular weight is 326 g/mol. The summed E-state index contributed by atoms with van der Waals surface area (Å²) in [6, 6.07) is 7.13. The first kappa shape index (κ1) is 16.7. The molecule has 1 saturated heterocycles. The van der Waals surface area contributed by atoms with Crippen LogP contribution in [0.5, 0.6) is 0 Å². The van der Waals surface area contributed by atoms with Crippen LogP contribution >= 0.6 is 11.6 Å². The first-order valence-electron chi connectivity index (χ1n) is 7.13. The van der Waals surface area contributed by atoms with E-state index in [1.54, 1.807) is 17.0 Å². The minimum absolute atomic E-state index is 0.0114. The van der Waals surface area contributed by atoms with Crippen LogP contribution in [-0.2, 0) is 14.3 Å². The summed E-state index contributed by atoms with van der Waals surface area (Å²) >= 11 is 6.01. The van der Waals surface area contributed by atoms with Crippen LogP contribution in [0, 0.1) is 0 Å². The summed E-state index contributed by atoms with van der Waals surface area (Å²) in [6.45, 7) is 2.96. The molecule has 1 fully saturated rings. The van der Waals surface area contributed by atoms with E-state index in [9.17, 15) is 9.59 Å². The van der Waals surface area contributed by atoms with Crippen molar-refractivity contribution in [2.45, 2.75) is 0 Å². The maximum absolute atomic E-state index is 12.0. The monoisotopic (exact) mass is 325 g/mol. The second kappa shape index (κ2) is 8.12. The molecule has 0 unspecified atom stereocenters. The predicted octanol–water partition coefficient (Wildman–Crippen LogP) is 1.07. The molecule has 7 heteroatoms. The number of hydrogen-bond donors (Lipinski definition) is 1. The molecule has 2 rings (SSSR count). The standard InChI is InChI=1S/C15H20ClN3O3/c1-22-11-15(21)19-8-6-18(7-9-19)10-14(20)17-13-5-3-2-4-12(13)16/h2-5H,6-11H2,1H3,(H,17,20). The molecule has 2 amide bonds. The normalized spacial score (nSPS) is 15.6. The molecule has 0 spiro atoms. The van der Waals surface area contributed by atoms with Crippen molar-refractivity contribution in [1.82, 2.24) is 9.80 Å². The summed E-state index contributed by atoms with van der Waals surface area (Å²) in [7, 11) is 1.51. The number of nitrogens with zero attached hydrogens (tertiary/aromatic N) is 2. The van der Waals surface area contributed by atoms with E-state index in [2.05, 4.69) is 5.32 Å². The number of ether oxygens (including phenoxy) is 1. The van der Waals surface area contributed by atoms with Gasteiger partial charge in [-0.1, -0.05) is 23.7 Å². The lowest BCUT2D eigenvalue weighted by Crippen LogP contribution is -2.51. The number of amides is 2. The molecule has 0 atom stereocenters. The number of anilines is 1. The molecular weight excluding hydrogens is 306 g/mol. The fraction of sp³-hybridized carbons (Fsp3) is 0.467. The molecule has 22 heavy (non-hydrogen) atoms. The molecule has 0 saturated carbocycles. The van der Waals surface area contributed by atoms with Crippen molar-refractivity contribution >= 4 is 29.1 Å². The SMILES string of the molecule is COCC(=O)N1CCN(CC(=O)Nc2ccccc2Cl)CC1. The number of methoxy groups -OCH3 is 1. The maximum Gasteiger partial charge on any atom is 0.248 e. The van der Waals surface area contributed by atoms with Crippen LogP contribution in [0.3, 0.4) is 0 Å². The lowest BCUT2D eigenvalue weighted by molar-refractivity contribution is -0.137. The van der Waals surface area contributed by atoms with Crippen molar-refractivity contribution in [3.8, 4) is 0 Å². The molecule has 1 aliphatic heterocycles. The molecule has 1 aromatic rings. The van der Waals surface area contributed by atoms with Gasteiger partial charge < -0.3 is 15.0 Å². The molecule has 0 aliphatic carbocycles. The number of hydrogen-bond acceptors (Lipinski definition) is 4. The molecule has 1 heterocycles. The number of rotatable bonds is 5. The summed E-state index contributed by atoms with van der Waals surface area (Å²) in [5.41, 5.74) is 0.614. The highest BCUT2D eigenvalue weighted by Gasteiger charge is 2.22. The highest BCUT2D eigenvalue weighted by Crippen LogP contribution is 2.20. The Morgan fingerprint density at radius 2 is 1.91 bits per heavy atom. The summed E-state index contributed by atoms with van der Waals surface area (Å²) in [5.74, 6) is -0.118. The molecule has 0 bridgehead atoms. The van der Waals surface area contributed by atoms with Gasteiger partial charge in [0.25, 0.3) is 0 Å². The van der Waals surface area contributed by atoms with E-state index in [0.717, 1.165) is 0 Å². The highest BCUT2D eigenvalue weighted by molar-refractivity contribution is 6.33. The second-order valence-corrected chi connectivity index (χ2v) is 5.53. The van der Waals surface area contributed by atoms with Crippen LogP contribution in [-0.4, -0.2) is 68.1 Å². The van der Waals surface area contributed by atoms with E-state index >= 15 is 0 Å². The summed E-state index contributed by atoms with van der Waals surface area (Å²) in [4.78, 5) is 27.5. The molecule has 6 nitrogen and oxygen atoms in total. The lowest BCUT2D eigenvalue weighted by Gasteiger charge is -2.34. The molecule has 0 aromatic heterocycles. The van der Waals surface area contributed by atoms with E-state index in [0.29, 0.717) is 36.9 Å². The van der Waals surface area contributed by atoms with Crippen LogP contribution in [0.25, 0.3) is 0 Å². The van der Waals surface area contributed by atoms with Crippen LogP contribution < -0.4 is 5.32 Å². The topological polar surface area (TPSA) is 61.9 Å². The van der Waals surface area contributed by atoms with Crippen LogP contribution in [0.1, 0.15) is 0 Å². The third-order valence-electron chi connectivity index (χ3n) is 3.51. The van der Waals surface area contributed by atoms with Crippen LogP contribution in [0.2, 0.25) is 5.02 Å². The Balaban J connectivity index is 1.77. The van der Waals surface area contributed by atoms with Gasteiger partial charge in [0.05, 0.1) is 17.3 Å². The second-order valence-electron chi connectivity index (χ2n) is 5.12. The Morgan fingerprint density at radius 1 is 1.23 bits per heavy atom. The summed E-state index contributed by atoms with van der Waals surface area (Å²) in [5, 5.41) is 3.32. The summed E-state index contributed by atoms with van der Waals surface area (Å²) in [6.07, 6.45) is 0. The van der Waals surface area contributed by atoms with Crippen molar-refractivity contribution in [3.63, 3.8) is 0 Å². The third-order valence-corrected chi connectivity index (χ3v) is 3.84. The molecule has 1 N–H and O–H groups in total. The van der Waals surface area contributed by atoms with E-state index in [1.807, 2.05) is 17.0 Å². The van der Waals surface area contributed by atoms with Gasteiger partial charge in [0.15, 0.2) is 0 Å². The minimum atomic E-state index is -0.107. The number of nitrogens with one attached hydrogen (secondary N) is 1. The van der Waals surface area contributed by atoms with E-state index in [1.165, 1.54) is 7.11 Å². The van der Waals surface area contributed by atoms with E-state index in [-0.39, 0.29) is 25.0 Å². The van der Waals surface area contributed by atoms with Crippen molar-refractivity contribution in [2.75, 3.05) is 51.8 Å². The van der Waals surface area contributed by atoms with E-state index < -0.39 is 0 Å². The third kappa shape index (κ3) is 4.69. The Morgan fingerprint density at radius 3 is 2.55 bits per heavy atom. The zero-order valence-electron chi connectivity index (χ0n) is 12.5. The van der Waals surface area contributed by atoms with Gasteiger partial charge in [0.2, 0.25) is 11.8 Å². The number of para-hydroxylation sites is 1. The van der Waals surface area contributed by atoms with Gasteiger partial charge in [0.1, 0.15) is 6.61 Å². The Bertz CT molecular complexity index is 531. The van der Waals surface area contributed by atoms with Crippen LogP contribution in [0.15, 0.2) is 24.3 Å². The van der Waals surface area contributed by atoms with Crippen molar-refractivity contribution in [3.05, 3.63) is 29.3 Å².